The quantitative estimate of drug-likeness (QED) is 0.436. The predicted octanol–water partition coefficient (Wildman–Crippen LogP) is 2.97. The zero-order valence-electron chi connectivity index (χ0n) is 20.0. The van der Waals surface area contributed by atoms with Crippen molar-refractivity contribution >= 4 is 44.4 Å². The summed E-state index contributed by atoms with van der Waals surface area (Å²) in [5.41, 5.74) is 0.0566. The average Bonchev–Trinajstić information content (AvgIpc) is 2.97. The van der Waals surface area contributed by atoms with Gasteiger partial charge in [0, 0.05) is 59.8 Å². The zero-order chi connectivity index (χ0) is 25.7. The predicted molar refractivity (Wildman–Crippen MR) is 142 cm³/mol. The van der Waals surface area contributed by atoms with Gasteiger partial charge in [-0.05, 0) is 77.2 Å². The lowest BCUT2D eigenvalue weighted by molar-refractivity contribution is 0.00578. The first kappa shape index (κ1) is 28.0. The molecule has 1 saturated heterocycles. The van der Waals surface area contributed by atoms with Crippen molar-refractivity contribution in [3.05, 3.63) is 95.0 Å². The highest BCUT2D eigenvalue weighted by molar-refractivity contribution is 9.10. The van der Waals surface area contributed by atoms with Gasteiger partial charge in [-0.3, -0.25) is 14.4 Å². The van der Waals surface area contributed by atoms with Gasteiger partial charge in [0.1, 0.15) is 0 Å². The lowest BCUT2D eigenvalue weighted by atomic mass is 9.80. The molecule has 8 nitrogen and oxygen atoms in total. The van der Waals surface area contributed by atoms with Crippen molar-refractivity contribution in [2.75, 3.05) is 0 Å². The number of nitrogens with one attached hydrogen (secondary N) is 1. The molecule has 0 aliphatic carbocycles. The molecule has 0 radical (unpaired) electrons. The van der Waals surface area contributed by atoms with Crippen molar-refractivity contribution < 1.29 is 9.31 Å². The molecule has 0 unspecified atom stereocenters. The third-order valence-electron chi connectivity index (χ3n) is 5.43. The summed E-state index contributed by atoms with van der Waals surface area (Å²) in [6, 6.07) is 9.68. The number of hydrogen-bond acceptors (Lipinski definition) is 5. The normalized spacial score (nSPS) is 15.6. The van der Waals surface area contributed by atoms with Gasteiger partial charge in [0.25, 0.3) is 0 Å². The van der Waals surface area contributed by atoms with Crippen LogP contribution in [-0.4, -0.2) is 32.4 Å². The van der Waals surface area contributed by atoms with Crippen molar-refractivity contribution in [1.82, 2.24) is 14.1 Å². The van der Waals surface area contributed by atoms with Crippen LogP contribution >= 0.6 is 31.9 Å². The van der Waals surface area contributed by atoms with Crippen molar-refractivity contribution in [1.29, 1.82) is 0 Å². The molecule has 4 heterocycles. The second-order valence-corrected chi connectivity index (χ2v) is 10.5. The SMILES string of the molecule is Cn1cc(B2OC(C)(C)C(C)(C)O2)ccc1=O.Cn1cc(Br)ccc1=O.O=c1ccc(Br)c[nH]1. The largest absolute Gasteiger partial charge is 0.496 e. The lowest BCUT2D eigenvalue weighted by Crippen LogP contribution is -2.41. The molecule has 1 aliphatic heterocycles. The third-order valence-corrected chi connectivity index (χ3v) is 6.39. The third kappa shape index (κ3) is 7.66. The Morgan fingerprint density at radius 1 is 0.765 bits per heavy atom. The molecule has 0 saturated carbocycles. The summed E-state index contributed by atoms with van der Waals surface area (Å²) in [6.07, 6.45) is 5.08. The van der Waals surface area contributed by atoms with Crippen LogP contribution < -0.4 is 22.1 Å². The molecule has 0 bridgehead atoms. The Bertz CT molecular complexity index is 1260. The number of aromatic nitrogens is 3. The van der Waals surface area contributed by atoms with Crippen LogP contribution in [0.4, 0.5) is 0 Å². The Morgan fingerprint density at radius 2 is 1.26 bits per heavy atom. The summed E-state index contributed by atoms with van der Waals surface area (Å²) < 4.78 is 16.7. The standard InChI is InChI=1S/C12H18BNO3.C6H6BrNO.C5H4BrNO/c1-11(2)12(3,4)17-13(16-11)9-6-7-10(15)14(5)8-9;1-8-4-5(7)2-3-6(8)9;6-4-1-2-5(8)7-3-4/h6-8H,1-5H3;2-4H,1H3;1-3H,(H,7,8). The van der Waals surface area contributed by atoms with Gasteiger partial charge in [0.15, 0.2) is 0 Å². The summed E-state index contributed by atoms with van der Waals surface area (Å²) in [4.78, 5) is 34.9. The van der Waals surface area contributed by atoms with E-state index in [1.54, 1.807) is 50.9 Å². The highest BCUT2D eigenvalue weighted by Gasteiger charge is 2.51. The molecule has 0 atom stereocenters. The fraction of sp³-hybridized carbons (Fsp3) is 0.348. The van der Waals surface area contributed by atoms with Gasteiger partial charge in [-0.1, -0.05) is 6.07 Å². The summed E-state index contributed by atoms with van der Waals surface area (Å²) in [6.45, 7) is 8.04. The first-order valence-corrected chi connectivity index (χ1v) is 12.0. The molecular formula is C23H28BBr2N3O5. The molecule has 182 valence electrons. The molecule has 11 heteroatoms. The van der Waals surface area contributed by atoms with E-state index in [1.165, 1.54) is 27.3 Å². The minimum atomic E-state index is -0.410. The van der Waals surface area contributed by atoms with E-state index >= 15 is 0 Å². The smallest absolute Gasteiger partial charge is 0.399 e. The lowest BCUT2D eigenvalue weighted by Gasteiger charge is -2.32. The molecule has 3 aromatic rings. The van der Waals surface area contributed by atoms with E-state index in [4.69, 9.17) is 9.31 Å². The highest BCUT2D eigenvalue weighted by Crippen LogP contribution is 2.36. The number of pyridine rings is 3. The molecule has 0 spiro atoms. The number of hydrogen-bond donors (Lipinski definition) is 1. The first-order valence-electron chi connectivity index (χ1n) is 10.4. The molecule has 0 amide bonds. The Hall–Kier alpha value is -2.21. The van der Waals surface area contributed by atoms with Crippen molar-refractivity contribution in [2.24, 2.45) is 14.1 Å². The number of H-pyrrole nitrogens is 1. The molecule has 34 heavy (non-hydrogen) atoms. The topological polar surface area (TPSA) is 95.3 Å². The fourth-order valence-electron chi connectivity index (χ4n) is 2.69. The van der Waals surface area contributed by atoms with E-state index in [2.05, 4.69) is 36.8 Å². The van der Waals surface area contributed by atoms with Gasteiger partial charge in [-0.2, -0.15) is 0 Å². The van der Waals surface area contributed by atoms with Crippen LogP contribution in [0.25, 0.3) is 0 Å². The van der Waals surface area contributed by atoms with Crippen LogP contribution in [0.2, 0.25) is 0 Å². The molecule has 1 N–H and O–H groups in total. The number of halogens is 2. The van der Waals surface area contributed by atoms with Gasteiger partial charge in [-0.25, -0.2) is 0 Å². The minimum Gasteiger partial charge on any atom is -0.399 e. The van der Waals surface area contributed by atoms with E-state index in [0.29, 0.717) is 0 Å². The fourth-order valence-corrected chi connectivity index (χ4v) is 3.37. The van der Waals surface area contributed by atoms with Crippen LogP contribution in [0.5, 0.6) is 0 Å². The van der Waals surface area contributed by atoms with Crippen molar-refractivity contribution in [3.63, 3.8) is 0 Å². The summed E-state index contributed by atoms with van der Waals surface area (Å²) in [5, 5.41) is 0. The number of aromatic amines is 1. The summed E-state index contributed by atoms with van der Waals surface area (Å²) in [5.74, 6) is 0. The monoisotopic (exact) mass is 595 g/mol. The Kier molecular flexibility index (Phi) is 9.47. The van der Waals surface area contributed by atoms with Gasteiger partial charge in [0.05, 0.1) is 11.2 Å². The second-order valence-electron chi connectivity index (χ2n) is 8.67. The minimum absolute atomic E-state index is 0.0122. The van der Waals surface area contributed by atoms with Crippen LogP contribution in [0.3, 0.4) is 0 Å². The van der Waals surface area contributed by atoms with Crippen LogP contribution in [-0.2, 0) is 23.4 Å². The number of nitrogens with zero attached hydrogens (tertiary/aromatic N) is 2. The molecule has 0 aromatic carbocycles. The first-order chi connectivity index (χ1) is 15.7. The van der Waals surface area contributed by atoms with E-state index in [0.717, 1.165) is 14.4 Å². The van der Waals surface area contributed by atoms with Crippen LogP contribution in [0.1, 0.15) is 27.7 Å². The van der Waals surface area contributed by atoms with Crippen LogP contribution in [0, 0.1) is 0 Å². The van der Waals surface area contributed by atoms with Crippen LogP contribution in [0.15, 0.2) is 78.3 Å². The average molecular weight is 597 g/mol. The Morgan fingerprint density at radius 3 is 1.68 bits per heavy atom. The van der Waals surface area contributed by atoms with E-state index in [-0.39, 0.29) is 27.9 Å². The Balaban J connectivity index is 0.000000201. The maximum Gasteiger partial charge on any atom is 0.496 e. The summed E-state index contributed by atoms with van der Waals surface area (Å²) >= 11 is 6.41. The van der Waals surface area contributed by atoms with Gasteiger partial charge < -0.3 is 23.4 Å². The number of rotatable bonds is 1. The maximum absolute atomic E-state index is 11.3. The van der Waals surface area contributed by atoms with Gasteiger partial charge in [0.2, 0.25) is 16.7 Å². The van der Waals surface area contributed by atoms with E-state index in [9.17, 15) is 14.4 Å². The van der Waals surface area contributed by atoms with Gasteiger partial charge >= 0.3 is 7.12 Å². The molecular weight excluding hydrogens is 569 g/mol. The molecule has 1 aliphatic rings. The second kappa shape index (κ2) is 11.5. The molecule has 4 rings (SSSR count). The van der Waals surface area contributed by atoms with E-state index in [1.807, 2.05) is 27.7 Å². The Labute approximate surface area is 215 Å². The zero-order valence-corrected chi connectivity index (χ0v) is 23.1. The van der Waals surface area contributed by atoms with E-state index < -0.39 is 7.12 Å². The maximum atomic E-state index is 11.3. The summed E-state index contributed by atoms with van der Waals surface area (Å²) in [7, 11) is 3.02. The van der Waals surface area contributed by atoms with Gasteiger partial charge in [-0.15, -0.1) is 0 Å². The van der Waals surface area contributed by atoms with Crippen molar-refractivity contribution in [3.8, 4) is 0 Å². The number of aryl methyl sites for hydroxylation is 2. The molecule has 1 fully saturated rings. The molecule has 3 aromatic heterocycles. The highest BCUT2D eigenvalue weighted by atomic mass is 79.9. The van der Waals surface area contributed by atoms with Crippen molar-refractivity contribution in [2.45, 2.75) is 38.9 Å².